The van der Waals surface area contributed by atoms with Crippen molar-refractivity contribution in [3.05, 3.63) is 0 Å². The van der Waals surface area contributed by atoms with Crippen LogP contribution in [0.2, 0.25) is 0 Å². The summed E-state index contributed by atoms with van der Waals surface area (Å²) >= 11 is 0. The van der Waals surface area contributed by atoms with Gasteiger partial charge in [0.15, 0.2) is 5.78 Å². The maximum atomic E-state index is 11.9. The normalized spacial score (nSPS) is 26.9. The highest BCUT2D eigenvalue weighted by atomic mass is 16.2. The molecule has 1 N–H and O–H groups in total. The number of unbranched alkanes of at least 4 members (excludes halogenated alkanes) is 1. The van der Waals surface area contributed by atoms with Crippen LogP contribution in [-0.4, -0.2) is 18.2 Å². The zero-order chi connectivity index (χ0) is 11.5. The Balaban J connectivity index is 2.85. The van der Waals surface area contributed by atoms with Crippen molar-refractivity contribution in [3.8, 4) is 0 Å². The number of rotatable bonds is 4. The third-order valence-corrected chi connectivity index (χ3v) is 3.49. The second-order valence-electron chi connectivity index (χ2n) is 4.81. The van der Waals surface area contributed by atoms with Crippen molar-refractivity contribution in [2.45, 2.75) is 46.5 Å². The fraction of sp³-hybridized carbons (Fsp3) is 0.833. The molecule has 0 aromatic rings. The number of hydrogen-bond acceptors (Lipinski definition) is 2. The summed E-state index contributed by atoms with van der Waals surface area (Å²) in [5.74, 6) is 0.471. The van der Waals surface area contributed by atoms with Crippen LogP contribution in [0.1, 0.15) is 46.5 Å². The standard InChI is InChI=1S/C12H21NO2/c1-4-5-6-12(9(2)3)7-10(14)8-13-11(12)15/h9H,4-8H2,1-3H3,(H,13,15). The van der Waals surface area contributed by atoms with Gasteiger partial charge in [0.2, 0.25) is 5.91 Å². The van der Waals surface area contributed by atoms with Gasteiger partial charge >= 0.3 is 0 Å². The Bertz CT molecular complexity index is 260. The summed E-state index contributed by atoms with van der Waals surface area (Å²) in [6.07, 6.45) is 3.34. The molecule has 0 aromatic carbocycles. The number of carbonyl (C=O) groups is 2. The molecule has 1 fully saturated rings. The van der Waals surface area contributed by atoms with Crippen LogP contribution < -0.4 is 5.32 Å². The first-order valence-electron chi connectivity index (χ1n) is 5.83. The van der Waals surface area contributed by atoms with Crippen molar-refractivity contribution < 1.29 is 9.59 Å². The van der Waals surface area contributed by atoms with Crippen LogP contribution >= 0.6 is 0 Å². The second kappa shape index (κ2) is 4.77. The minimum Gasteiger partial charge on any atom is -0.349 e. The molecule has 86 valence electrons. The highest BCUT2D eigenvalue weighted by Gasteiger charge is 2.44. The number of nitrogens with one attached hydrogen (secondary N) is 1. The average Bonchev–Trinajstić information content (AvgIpc) is 2.19. The van der Waals surface area contributed by atoms with E-state index in [0.717, 1.165) is 19.3 Å². The lowest BCUT2D eigenvalue weighted by atomic mass is 9.68. The molecule has 1 saturated heterocycles. The summed E-state index contributed by atoms with van der Waals surface area (Å²) in [4.78, 5) is 23.4. The van der Waals surface area contributed by atoms with E-state index in [1.54, 1.807) is 0 Å². The van der Waals surface area contributed by atoms with Gasteiger partial charge in [0.25, 0.3) is 0 Å². The lowest BCUT2D eigenvalue weighted by molar-refractivity contribution is -0.144. The summed E-state index contributed by atoms with van der Waals surface area (Å²) in [5.41, 5.74) is -0.439. The van der Waals surface area contributed by atoms with E-state index in [4.69, 9.17) is 0 Å². The Hall–Kier alpha value is -0.860. The number of piperidine rings is 1. The smallest absolute Gasteiger partial charge is 0.227 e. The molecule has 0 spiro atoms. The molecule has 1 aliphatic rings. The molecule has 3 heteroatoms. The van der Waals surface area contributed by atoms with Crippen molar-refractivity contribution in [2.24, 2.45) is 11.3 Å². The summed E-state index contributed by atoms with van der Waals surface area (Å²) in [6, 6.07) is 0. The Morgan fingerprint density at radius 3 is 2.60 bits per heavy atom. The molecule has 15 heavy (non-hydrogen) atoms. The summed E-state index contributed by atoms with van der Waals surface area (Å²) < 4.78 is 0. The van der Waals surface area contributed by atoms with Crippen molar-refractivity contribution >= 4 is 11.7 Å². The highest BCUT2D eigenvalue weighted by molar-refractivity contribution is 5.97. The third kappa shape index (κ3) is 2.39. The molecular formula is C12H21NO2. The van der Waals surface area contributed by atoms with Crippen LogP contribution in [0.5, 0.6) is 0 Å². The van der Waals surface area contributed by atoms with Crippen molar-refractivity contribution in [3.63, 3.8) is 0 Å². The molecule has 0 saturated carbocycles. The fourth-order valence-corrected chi connectivity index (χ4v) is 2.30. The third-order valence-electron chi connectivity index (χ3n) is 3.49. The van der Waals surface area contributed by atoms with Crippen molar-refractivity contribution in [2.75, 3.05) is 6.54 Å². The number of ketones is 1. The van der Waals surface area contributed by atoms with E-state index < -0.39 is 5.41 Å². The summed E-state index contributed by atoms with van der Waals surface area (Å²) in [7, 11) is 0. The van der Waals surface area contributed by atoms with Gasteiger partial charge in [-0.2, -0.15) is 0 Å². The van der Waals surface area contributed by atoms with Crippen LogP contribution in [0.15, 0.2) is 0 Å². The van der Waals surface area contributed by atoms with Gasteiger partial charge in [-0.3, -0.25) is 9.59 Å². The van der Waals surface area contributed by atoms with Gasteiger partial charge in [-0.15, -0.1) is 0 Å². The van der Waals surface area contributed by atoms with Gasteiger partial charge in [0, 0.05) is 6.42 Å². The van der Waals surface area contributed by atoms with E-state index in [0.29, 0.717) is 6.42 Å². The van der Waals surface area contributed by atoms with Crippen LogP contribution in [-0.2, 0) is 9.59 Å². The zero-order valence-corrected chi connectivity index (χ0v) is 9.93. The Morgan fingerprint density at radius 2 is 2.07 bits per heavy atom. The zero-order valence-electron chi connectivity index (χ0n) is 9.93. The number of amides is 1. The molecule has 1 unspecified atom stereocenters. The predicted molar refractivity (Wildman–Crippen MR) is 59.4 cm³/mol. The molecule has 0 aromatic heterocycles. The first-order chi connectivity index (χ1) is 7.03. The van der Waals surface area contributed by atoms with E-state index >= 15 is 0 Å². The van der Waals surface area contributed by atoms with E-state index in [1.807, 2.05) is 13.8 Å². The first kappa shape index (κ1) is 12.2. The van der Waals surface area contributed by atoms with Gasteiger partial charge in [-0.05, 0) is 12.3 Å². The number of Topliss-reactive ketones (excluding diaryl/α,β-unsaturated/α-hetero) is 1. The van der Waals surface area contributed by atoms with Crippen LogP contribution in [0.4, 0.5) is 0 Å². The van der Waals surface area contributed by atoms with Crippen LogP contribution in [0.25, 0.3) is 0 Å². The van der Waals surface area contributed by atoms with Crippen LogP contribution in [0, 0.1) is 11.3 Å². The monoisotopic (exact) mass is 211 g/mol. The predicted octanol–water partition coefficient (Wildman–Crippen LogP) is 1.91. The van der Waals surface area contributed by atoms with Crippen LogP contribution in [0.3, 0.4) is 0 Å². The number of carbonyl (C=O) groups excluding carboxylic acids is 2. The number of hydrogen-bond donors (Lipinski definition) is 1. The quantitative estimate of drug-likeness (QED) is 0.772. The van der Waals surface area contributed by atoms with Gasteiger partial charge in [0.05, 0.1) is 12.0 Å². The summed E-state index contributed by atoms with van der Waals surface area (Å²) in [5, 5.41) is 2.72. The van der Waals surface area contributed by atoms with Gasteiger partial charge in [-0.1, -0.05) is 33.6 Å². The first-order valence-corrected chi connectivity index (χ1v) is 5.83. The Labute approximate surface area is 91.6 Å². The SMILES string of the molecule is CCCCC1(C(C)C)CC(=O)CNC1=O. The molecule has 3 nitrogen and oxygen atoms in total. The van der Waals surface area contributed by atoms with E-state index in [9.17, 15) is 9.59 Å². The topological polar surface area (TPSA) is 46.2 Å². The molecular weight excluding hydrogens is 190 g/mol. The second-order valence-corrected chi connectivity index (χ2v) is 4.81. The molecule has 0 bridgehead atoms. The average molecular weight is 211 g/mol. The largest absolute Gasteiger partial charge is 0.349 e. The van der Waals surface area contributed by atoms with Gasteiger partial charge < -0.3 is 5.32 Å². The Morgan fingerprint density at radius 1 is 1.40 bits per heavy atom. The molecule has 0 aliphatic carbocycles. The van der Waals surface area contributed by atoms with E-state index in [1.165, 1.54) is 0 Å². The molecule has 1 heterocycles. The molecule has 0 radical (unpaired) electrons. The van der Waals surface area contributed by atoms with Crippen molar-refractivity contribution in [1.29, 1.82) is 0 Å². The molecule has 1 amide bonds. The molecule has 1 aliphatic heterocycles. The fourth-order valence-electron chi connectivity index (χ4n) is 2.30. The lowest BCUT2D eigenvalue weighted by Gasteiger charge is -2.38. The molecule has 1 rings (SSSR count). The highest BCUT2D eigenvalue weighted by Crippen LogP contribution is 2.39. The van der Waals surface area contributed by atoms with E-state index in [-0.39, 0.29) is 24.2 Å². The van der Waals surface area contributed by atoms with Crippen molar-refractivity contribution in [1.82, 2.24) is 5.32 Å². The maximum Gasteiger partial charge on any atom is 0.227 e. The molecule has 1 atom stereocenters. The van der Waals surface area contributed by atoms with E-state index in [2.05, 4.69) is 12.2 Å². The lowest BCUT2D eigenvalue weighted by Crippen LogP contribution is -2.52. The summed E-state index contributed by atoms with van der Waals surface area (Å²) in [6.45, 7) is 6.40. The minimum atomic E-state index is -0.439. The van der Waals surface area contributed by atoms with Gasteiger partial charge in [0.1, 0.15) is 0 Å². The maximum absolute atomic E-state index is 11.9. The van der Waals surface area contributed by atoms with Gasteiger partial charge in [-0.25, -0.2) is 0 Å². The Kier molecular flexibility index (Phi) is 3.89. The minimum absolute atomic E-state index is 0.0746.